The number of hydrogen-bond donors (Lipinski definition) is 6. The molecule has 12 heteroatoms. The molecule has 2 unspecified atom stereocenters. The van der Waals surface area contributed by atoms with E-state index in [2.05, 4.69) is 5.32 Å². The van der Waals surface area contributed by atoms with Gasteiger partial charge in [0.1, 0.15) is 23.2 Å². The molecule has 32 heavy (non-hydrogen) atoms. The number of likely N-dealkylation sites (tertiary alicyclic amines) is 1. The molecule has 2 heterocycles. The second-order valence-electron chi connectivity index (χ2n) is 8.39. The Kier molecular flexibility index (Phi) is 7.96. The van der Waals surface area contributed by atoms with Crippen molar-refractivity contribution in [2.24, 2.45) is 5.73 Å². The third kappa shape index (κ3) is 5.70. The Hall–Kier alpha value is -2.38. The molecular formula is C20H30BN3O8. The molecule has 11 nitrogen and oxygen atoms in total. The molecule has 0 radical (unpaired) electrons. The van der Waals surface area contributed by atoms with Crippen molar-refractivity contribution in [2.45, 2.75) is 43.8 Å². The van der Waals surface area contributed by atoms with Gasteiger partial charge in [-0.05, 0) is 23.9 Å². The number of aromatic carboxylic acids is 1. The number of ether oxygens (including phenoxy) is 2. The minimum atomic E-state index is -1.59. The van der Waals surface area contributed by atoms with Gasteiger partial charge in [-0.1, -0.05) is 13.0 Å². The number of morpholine rings is 1. The summed E-state index contributed by atoms with van der Waals surface area (Å²) in [6.07, 6.45) is -0.289. The lowest BCUT2D eigenvalue weighted by molar-refractivity contribution is -0.143. The summed E-state index contributed by atoms with van der Waals surface area (Å²) >= 11 is 0. The summed E-state index contributed by atoms with van der Waals surface area (Å²) in [4.78, 5) is 25.8. The van der Waals surface area contributed by atoms with Crippen LogP contribution in [0.2, 0.25) is 5.82 Å². The fourth-order valence-corrected chi connectivity index (χ4v) is 3.71. The Morgan fingerprint density at radius 2 is 2.09 bits per heavy atom. The lowest BCUT2D eigenvalue weighted by Gasteiger charge is -2.40. The van der Waals surface area contributed by atoms with Crippen LogP contribution >= 0.6 is 0 Å². The van der Waals surface area contributed by atoms with Gasteiger partial charge >= 0.3 is 13.1 Å². The molecule has 1 amide bonds. The Labute approximate surface area is 186 Å². The number of carboxylic acid groups (broad SMARTS) is 1. The van der Waals surface area contributed by atoms with E-state index in [-0.39, 0.29) is 47.8 Å². The third-order valence-corrected chi connectivity index (χ3v) is 5.84. The number of carbonyl (C=O) groups excluding carboxylic acids is 1. The molecule has 2 fully saturated rings. The van der Waals surface area contributed by atoms with Crippen LogP contribution in [0.1, 0.15) is 29.3 Å². The molecule has 1 aromatic rings. The maximum atomic E-state index is 12.4. The number of nitrogens with zero attached hydrogens (tertiary/aromatic N) is 1. The first kappa shape index (κ1) is 24.3. The summed E-state index contributed by atoms with van der Waals surface area (Å²) < 4.78 is 11.4. The zero-order valence-electron chi connectivity index (χ0n) is 17.9. The van der Waals surface area contributed by atoms with Gasteiger partial charge in [0.15, 0.2) is 0 Å². The number of carboxylic acids is 1. The van der Waals surface area contributed by atoms with E-state index in [4.69, 9.17) is 15.2 Å². The maximum Gasteiger partial charge on any atom is 0.454 e. The summed E-state index contributed by atoms with van der Waals surface area (Å²) in [5.41, 5.74) is 5.47. The number of amides is 1. The Balaban J connectivity index is 1.55. The summed E-state index contributed by atoms with van der Waals surface area (Å²) in [5, 5.41) is 41.7. The van der Waals surface area contributed by atoms with Gasteiger partial charge in [-0.2, -0.15) is 0 Å². The molecule has 0 spiro atoms. The number of nitrogens with one attached hydrogen (secondary N) is 1. The first-order valence-electron chi connectivity index (χ1n) is 10.6. The molecular weight excluding hydrogens is 421 g/mol. The van der Waals surface area contributed by atoms with E-state index in [9.17, 15) is 29.9 Å². The van der Waals surface area contributed by atoms with Crippen LogP contribution in [-0.2, 0) is 16.0 Å². The van der Waals surface area contributed by atoms with E-state index in [1.165, 1.54) is 12.1 Å². The quantitative estimate of drug-likeness (QED) is 0.250. The lowest BCUT2D eigenvalue weighted by Crippen LogP contribution is -2.57. The van der Waals surface area contributed by atoms with Gasteiger partial charge in [0, 0.05) is 19.1 Å². The molecule has 2 saturated heterocycles. The number of phenols is 1. The maximum absolute atomic E-state index is 12.4. The summed E-state index contributed by atoms with van der Waals surface area (Å²) in [6.45, 7) is 3.68. The highest BCUT2D eigenvalue weighted by Crippen LogP contribution is 2.35. The fraction of sp³-hybridized carbons (Fsp3) is 0.600. The molecule has 2 aliphatic rings. The Bertz CT molecular complexity index is 825. The predicted molar refractivity (Wildman–Crippen MR) is 115 cm³/mol. The molecule has 176 valence electrons. The number of nitrogens with two attached hydrogens (primary N) is 1. The number of aromatic hydroxyl groups is 1. The highest BCUT2D eigenvalue weighted by Gasteiger charge is 2.35. The molecule has 0 aromatic heterocycles. The van der Waals surface area contributed by atoms with E-state index in [0.717, 1.165) is 0 Å². The van der Waals surface area contributed by atoms with Crippen molar-refractivity contribution < 1.29 is 39.3 Å². The summed E-state index contributed by atoms with van der Waals surface area (Å²) in [7, 11) is -1.59. The van der Waals surface area contributed by atoms with Gasteiger partial charge in [-0.3, -0.25) is 4.79 Å². The number of benzene rings is 1. The van der Waals surface area contributed by atoms with Crippen molar-refractivity contribution >= 4 is 19.0 Å². The van der Waals surface area contributed by atoms with Gasteiger partial charge in [0.25, 0.3) is 0 Å². The van der Waals surface area contributed by atoms with E-state index in [1.54, 1.807) is 11.8 Å². The topological polar surface area (TPSA) is 175 Å². The predicted octanol–water partition coefficient (Wildman–Crippen LogP) is -1.21. The number of carbonyl (C=O) groups is 2. The van der Waals surface area contributed by atoms with Gasteiger partial charge in [0.05, 0.1) is 32.2 Å². The highest BCUT2D eigenvalue weighted by molar-refractivity contribution is 6.43. The van der Waals surface area contributed by atoms with Gasteiger partial charge < -0.3 is 45.7 Å². The normalized spacial score (nSPS) is 22.2. The molecule has 0 aliphatic carbocycles. The van der Waals surface area contributed by atoms with Crippen LogP contribution in [0, 0.1) is 0 Å². The lowest BCUT2D eigenvalue weighted by atomic mass is 9.71. The monoisotopic (exact) mass is 451 g/mol. The number of hydrogen-bond acceptors (Lipinski definition) is 9. The van der Waals surface area contributed by atoms with Gasteiger partial charge in [-0.25, -0.2) is 4.79 Å². The van der Waals surface area contributed by atoms with Crippen molar-refractivity contribution in [1.82, 2.24) is 10.2 Å². The first-order chi connectivity index (χ1) is 15.2. The zero-order valence-corrected chi connectivity index (χ0v) is 17.9. The van der Waals surface area contributed by atoms with Crippen molar-refractivity contribution in [2.75, 3.05) is 32.8 Å². The highest BCUT2D eigenvalue weighted by atomic mass is 16.5. The van der Waals surface area contributed by atoms with Crippen LogP contribution in [0.5, 0.6) is 11.5 Å². The smallest absolute Gasteiger partial charge is 0.454 e. The fourth-order valence-electron chi connectivity index (χ4n) is 3.71. The minimum Gasteiger partial charge on any atom is -0.507 e. The van der Waals surface area contributed by atoms with Crippen LogP contribution in [0.3, 0.4) is 0 Å². The van der Waals surface area contributed by atoms with Crippen molar-refractivity contribution in [3.8, 4) is 11.5 Å². The first-order valence-corrected chi connectivity index (χ1v) is 10.6. The average Bonchev–Trinajstić information content (AvgIpc) is 2.72. The average molecular weight is 451 g/mol. The molecule has 2 aliphatic heterocycles. The Morgan fingerprint density at radius 1 is 1.38 bits per heavy atom. The standard InChI is InChI=1S/C20H30BN3O8/c1-11(21(29)30)4-12-2-3-16(18(19(12)26)20(27)28)32-15-8-24(9-15)17(25)5-14-7-23-13(6-22)10-31-14/h2-3,11,13-15,23,26,29-30H,4-10,22H2,1H3,(H,27,28)/t11-,13?,14?/m0/s1. The number of rotatable bonds is 9. The summed E-state index contributed by atoms with van der Waals surface area (Å²) in [6, 6.07) is 3.04. The molecule has 0 bridgehead atoms. The van der Waals surface area contributed by atoms with E-state index in [0.29, 0.717) is 32.8 Å². The van der Waals surface area contributed by atoms with E-state index in [1.807, 2.05) is 0 Å². The van der Waals surface area contributed by atoms with Crippen LogP contribution in [0.4, 0.5) is 0 Å². The van der Waals surface area contributed by atoms with E-state index >= 15 is 0 Å². The van der Waals surface area contributed by atoms with Crippen LogP contribution in [-0.4, -0.2) is 95.2 Å². The van der Waals surface area contributed by atoms with Crippen LogP contribution in [0.25, 0.3) is 0 Å². The van der Waals surface area contributed by atoms with Crippen molar-refractivity contribution in [3.05, 3.63) is 23.3 Å². The molecule has 3 rings (SSSR count). The summed E-state index contributed by atoms with van der Waals surface area (Å²) in [5.74, 6) is -2.49. The molecule has 7 N–H and O–H groups in total. The van der Waals surface area contributed by atoms with E-state index < -0.39 is 30.8 Å². The second-order valence-corrected chi connectivity index (χ2v) is 8.39. The molecule has 1 aromatic carbocycles. The molecule has 0 saturated carbocycles. The van der Waals surface area contributed by atoms with Crippen molar-refractivity contribution in [3.63, 3.8) is 0 Å². The van der Waals surface area contributed by atoms with Crippen LogP contribution < -0.4 is 15.8 Å². The second kappa shape index (κ2) is 10.5. The van der Waals surface area contributed by atoms with Gasteiger partial charge in [-0.15, -0.1) is 0 Å². The Morgan fingerprint density at radius 3 is 2.66 bits per heavy atom. The molecule has 3 atom stereocenters. The van der Waals surface area contributed by atoms with Crippen molar-refractivity contribution in [1.29, 1.82) is 0 Å². The van der Waals surface area contributed by atoms with Crippen LogP contribution in [0.15, 0.2) is 12.1 Å². The third-order valence-electron chi connectivity index (χ3n) is 5.84. The SMILES string of the molecule is C[C@@H](Cc1ccc(OC2CN(C(=O)CC3CNC(CN)CO3)C2)c(C(=O)O)c1O)B(O)O. The largest absolute Gasteiger partial charge is 0.507 e. The minimum absolute atomic E-state index is 0.000638. The zero-order chi connectivity index (χ0) is 23.4. The van der Waals surface area contributed by atoms with Gasteiger partial charge in [0.2, 0.25) is 5.91 Å².